The van der Waals surface area contributed by atoms with Gasteiger partial charge in [-0.1, -0.05) is 50.1 Å². The van der Waals surface area contributed by atoms with Crippen molar-refractivity contribution in [2.24, 2.45) is 5.92 Å². The quantitative estimate of drug-likeness (QED) is 0.570. The van der Waals surface area contributed by atoms with Crippen LogP contribution < -0.4 is 5.32 Å². The number of benzene rings is 1. The molecule has 1 aliphatic carbocycles. The molecule has 6 nitrogen and oxygen atoms in total. The van der Waals surface area contributed by atoms with Gasteiger partial charge >= 0.3 is 0 Å². The maximum Gasteiger partial charge on any atom is 0.271 e. The molecule has 0 saturated heterocycles. The van der Waals surface area contributed by atoms with Crippen molar-refractivity contribution in [2.75, 3.05) is 6.54 Å². The maximum atomic E-state index is 13.9. The van der Waals surface area contributed by atoms with Crippen LogP contribution in [0.1, 0.15) is 55.6 Å². The SMILES string of the molecule is CC1CCCCC1NC(=O)C1(C)Cn2c(ccc2-c2ccco2)C(=O)N1CCc1ccccc1. The Balaban J connectivity index is 1.48. The van der Waals surface area contributed by atoms with E-state index in [0.717, 1.165) is 30.5 Å². The molecule has 178 valence electrons. The smallest absolute Gasteiger partial charge is 0.271 e. The van der Waals surface area contributed by atoms with E-state index in [9.17, 15) is 9.59 Å². The number of rotatable bonds is 6. The average Bonchev–Trinajstić information content (AvgIpc) is 3.51. The minimum absolute atomic E-state index is 0.0718. The molecule has 3 unspecified atom stereocenters. The van der Waals surface area contributed by atoms with Crippen molar-refractivity contribution in [3.05, 3.63) is 72.1 Å². The number of furan rings is 1. The Labute approximate surface area is 200 Å². The molecule has 1 aromatic carbocycles. The molecule has 3 aromatic rings. The third kappa shape index (κ3) is 4.06. The summed E-state index contributed by atoms with van der Waals surface area (Å²) in [6.07, 6.45) is 6.79. The highest BCUT2D eigenvalue weighted by molar-refractivity contribution is 6.00. The van der Waals surface area contributed by atoms with Gasteiger partial charge in [-0.25, -0.2) is 0 Å². The molecule has 1 aliphatic heterocycles. The lowest BCUT2D eigenvalue weighted by Gasteiger charge is -2.45. The number of nitrogens with zero attached hydrogens (tertiary/aromatic N) is 2. The van der Waals surface area contributed by atoms with Crippen LogP contribution in [0.3, 0.4) is 0 Å². The lowest BCUT2D eigenvalue weighted by atomic mass is 9.85. The number of hydrogen-bond donors (Lipinski definition) is 1. The summed E-state index contributed by atoms with van der Waals surface area (Å²) in [4.78, 5) is 29.5. The fraction of sp³-hybridized carbons (Fsp3) is 0.429. The molecular formula is C28H33N3O3. The van der Waals surface area contributed by atoms with Crippen molar-refractivity contribution in [1.82, 2.24) is 14.8 Å². The van der Waals surface area contributed by atoms with Crippen molar-refractivity contribution >= 4 is 11.8 Å². The normalized spacial score (nSPS) is 24.6. The monoisotopic (exact) mass is 459 g/mol. The number of carbonyl (C=O) groups is 2. The van der Waals surface area contributed by atoms with Gasteiger partial charge < -0.3 is 19.2 Å². The van der Waals surface area contributed by atoms with E-state index in [1.165, 1.54) is 6.42 Å². The highest BCUT2D eigenvalue weighted by Gasteiger charge is 2.48. The van der Waals surface area contributed by atoms with Crippen molar-refractivity contribution in [1.29, 1.82) is 0 Å². The average molecular weight is 460 g/mol. The largest absolute Gasteiger partial charge is 0.463 e. The van der Waals surface area contributed by atoms with Gasteiger partial charge in [0.05, 0.1) is 18.5 Å². The van der Waals surface area contributed by atoms with Gasteiger partial charge in [0.25, 0.3) is 5.91 Å². The first-order valence-electron chi connectivity index (χ1n) is 12.4. The highest BCUT2D eigenvalue weighted by Crippen LogP contribution is 2.34. The van der Waals surface area contributed by atoms with Gasteiger partial charge in [-0.2, -0.15) is 0 Å². The van der Waals surface area contributed by atoms with Gasteiger partial charge in [0.1, 0.15) is 17.0 Å². The van der Waals surface area contributed by atoms with Crippen LogP contribution in [0.2, 0.25) is 0 Å². The maximum absolute atomic E-state index is 13.9. The van der Waals surface area contributed by atoms with E-state index in [0.29, 0.717) is 36.9 Å². The lowest BCUT2D eigenvalue weighted by Crippen LogP contribution is -2.65. The van der Waals surface area contributed by atoms with Gasteiger partial charge in [0.2, 0.25) is 5.91 Å². The minimum Gasteiger partial charge on any atom is -0.463 e. The molecule has 0 radical (unpaired) electrons. The first-order valence-corrected chi connectivity index (χ1v) is 12.4. The zero-order valence-corrected chi connectivity index (χ0v) is 20.0. The second kappa shape index (κ2) is 9.16. The second-order valence-electron chi connectivity index (χ2n) is 9.98. The van der Waals surface area contributed by atoms with E-state index < -0.39 is 5.54 Å². The van der Waals surface area contributed by atoms with E-state index in [1.54, 1.807) is 11.2 Å². The second-order valence-corrected chi connectivity index (χ2v) is 9.98. The summed E-state index contributed by atoms with van der Waals surface area (Å²) in [5.41, 5.74) is 1.56. The zero-order chi connectivity index (χ0) is 23.7. The van der Waals surface area contributed by atoms with Crippen LogP contribution in [0.25, 0.3) is 11.5 Å². The van der Waals surface area contributed by atoms with Crippen molar-refractivity contribution in [3.8, 4) is 11.5 Å². The molecule has 2 aromatic heterocycles. The van der Waals surface area contributed by atoms with Crippen molar-refractivity contribution < 1.29 is 14.0 Å². The molecule has 1 fully saturated rings. The van der Waals surface area contributed by atoms with Crippen molar-refractivity contribution in [3.63, 3.8) is 0 Å². The van der Waals surface area contributed by atoms with E-state index >= 15 is 0 Å². The molecule has 1 saturated carbocycles. The Hall–Kier alpha value is -3.28. The third-order valence-electron chi connectivity index (χ3n) is 7.66. The van der Waals surface area contributed by atoms with E-state index in [1.807, 2.05) is 54.0 Å². The molecular weight excluding hydrogens is 426 g/mol. The van der Waals surface area contributed by atoms with E-state index in [2.05, 4.69) is 24.4 Å². The van der Waals surface area contributed by atoms with Crippen LogP contribution in [0, 0.1) is 5.92 Å². The number of carbonyl (C=O) groups excluding carboxylic acids is 2. The van der Waals surface area contributed by atoms with Crippen LogP contribution in [0.4, 0.5) is 0 Å². The Bertz CT molecular complexity index is 1150. The van der Waals surface area contributed by atoms with Gasteiger partial charge in [0.15, 0.2) is 0 Å². The molecule has 0 spiro atoms. The Kier molecular flexibility index (Phi) is 6.07. The number of fused-ring (bicyclic) bond motifs is 1. The topological polar surface area (TPSA) is 67.5 Å². The molecule has 3 heterocycles. The molecule has 1 N–H and O–H groups in total. The summed E-state index contributed by atoms with van der Waals surface area (Å²) >= 11 is 0. The first-order chi connectivity index (χ1) is 16.5. The zero-order valence-electron chi connectivity index (χ0n) is 20.0. The van der Waals surface area contributed by atoms with E-state index in [-0.39, 0.29) is 17.9 Å². The molecule has 3 atom stereocenters. The predicted octanol–water partition coefficient (Wildman–Crippen LogP) is 4.90. The lowest BCUT2D eigenvalue weighted by molar-refractivity contribution is -0.134. The Morgan fingerprint density at radius 3 is 2.56 bits per heavy atom. The Morgan fingerprint density at radius 2 is 1.82 bits per heavy atom. The van der Waals surface area contributed by atoms with Crippen LogP contribution >= 0.6 is 0 Å². The number of hydrogen-bond acceptors (Lipinski definition) is 3. The first kappa shape index (κ1) is 22.5. The minimum atomic E-state index is -1.00. The van der Waals surface area contributed by atoms with Crippen LogP contribution in [0.5, 0.6) is 0 Å². The van der Waals surface area contributed by atoms with Gasteiger partial charge in [-0.15, -0.1) is 0 Å². The molecule has 2 amide bonds. The van der Waals surface area contributed by atoms with Gasteiger partial charge in [-0.05, 0) is 61.9 Å². The van der Waals surface area contributed by atoms with Crippen LogP contribution in [-0.4, -0.2) is 39.4 Å². The summed E-state index contributed by atoms with van der Waals surface area (Å²) in [6, 6.07) is 17.7. The third-order valence-corrected chi connectivity index (χ3v) is 7.66. The fourth-order valence-corrected chi connectivity index (χ4v) is 5.50. The molecule has 5 rings (SSSR count). The summed E-state index contributed by atoms with van der Waals surface area (Å²) in [5.74, 6) is 0.950. The highest BCUT2D eigenvalue weighted by atomic mass is 16.3. The van der Waals surface area contributed by atoms with Crippen LogP contribution in [-0.2, 0) is 17.8 Å². The van der Waals surface area contributed by atoms with Crippen molar-refractivity contribution in [2.45, 2.75) is 64.1 Å². The van der Waals surface area contributed by atoms with Gasteiger partial charge in [-0.3, -0.25) is 9.59 Å². The summed E-state index contributed by atoms with van der Waals surface area (Å²) in [6.45, 7) is 4.99. The molecule has 0 bridgehead atoms. The number of nitrogens with one attached hydrogen (secondary N) is 1. The predicted molar refractivity (Wildman–Crippen MR) is 131 cm³/mol. The molecule has 2 aliphatic rings. The summed E-state index contributed by atoms with van der Waals surface area (Å²) in [7, 11) is 0. The van der Waals surface area contributed by atoms with Crippen LogP contribution in [0.15, 0.2) is 65.3 Å². The summed E-state index contributed by atoms with van der Waals surface area (Å²) in [5, 5.41) is 3.34. The summed E-state index contributed by atoms with van der Waals surface area (Å²) < 4.78 is 7.58. The van der Waals surface area contributed by atoms with E-state index in [4.69, 9.17) is 4.42 Å². The standard InChI is InChI=1S/C28H33N3O3/c1-20-9-6-7-12-22(20)29-27(33)28(2)19-30-23(25-13-8-18-34-25)14-15-24(30)26(32)31(28)17-16-21-10-4-3-5-11-21/h3-5,8,10-11,13-15,18,20,22H,6-7,9,12,16-17,19H2,1-2H3,(H,29,33). The Morgan fingerprint density at radius 1 is 1.06 bits per heavy atom. The molecule has 34 heavy (non-hydrogen) atoms. The fourth-order valence-electron chi connectivity index (χ4n) is 5.50. The number of aromatic nitrogens is 1. The van der Waals surface area contributed by atoms with Gasteiger partial charge in [0, 0.05) is 12.6 Å². The number of amides is 2. The molecule has 6 heteroatoms.